The third-order valence-electron chi connectivity index (χ3n) is 4.09. The number of fused-ring (bicyclic) bond motifs is 1. The molecule has 2 heterocycles. The van der Waals surface area contributed by atoms with Crippen molar-refractivity contribution in [3.8, 4) is 0 Å². The fourth-order valence-corrected chi connectivity index (χ4v) is 4.45. The van der Waals surface area contributed by atoms with E-state index in [2.05, 4.69) is 5.32 Å². The fourth-order valence-electron chi connectivity index (χ4n) is 2.81. The number of nitrogens with one attached hydrogen (secondary N) is 1. The van der Waals surface area contributed by atoms with Crippen molar-refractivity contribution < 1.29 is 9.59 Å². The second-order valence-electron chi connectivity index (χ2n) is 5.78. The van der Waals surface area contributed by atoms with E-state index in [9.17, 15) is 9.59 Å². The van der Waals surface area contributed by atoms with E-state index in [0.29, 0.717) is 17.0 Å². The Morgan fingerprint density at radius 1 is 0.846 bits per heavy atom. The molecule has 1 amide bonds. The van der Waals surface area contributed by atoms with Gasteiger partial charge < -0.3 is 5.32 Å². The summed E-state index contributed by atoms with van der Waals surface area (Å²) in [6.45, 7) is 0.407. The first-order valence-corrected chi connectivity index (χ1v) is 9.85. The minimum absolute atomic E-state index is 0.0385. The number of hydrogen-bond donors (Lipinski definition) is 1. The van der Waals surface area contributed by atoms with Gasteiger partial charge in [-0.15, -0.1) is 22.7 Å². The van der Waals surface area contributed by atoms with Crippen LogP contribution in [0.5, 0.6) is 0 Å². The number of amides is 1. The Morgan fingerprint density at radius 3 is 2.54 bits per heavy atom. The van der Waals surface area contributed by atoms with Crippen molar-refractivity contribution in [2.75, 3.05) is 0 Å². The van der Waals surface area contributed by atoms with E-state index in [1.807, 2.05) is 72.1 Å². The molecule has 0 aliphatic heterocycles. The fraction of sp³-hybridized carbons (Fsp3) is 0.0476. The monoisotopic (exact) mass is 377 g/mol. The molecule has 0 atom stereocenters. The predicted molar refractivity (Wildman–Crippen MR) is 107 cm³/mol. The highest BCUT2D eigenvalue weighted by molar-refractivity contribution is 7.16. The summed E-state index contributed by atoms with van der Waals surface area (Å²) >= 11 is 2.86. The van der Waals surface area contributed by atoms with Gasteiger partial charge in [-0.25, -0.2) is 0 Å². The highest BCUT2D eigenvalue weighted by Crippen LogP contribution is 2.23. The highest BCUT2D eigenvalue weighted by atomic mass is 32.1. The molecule has 5 heteroatoms. The quantitative estimate of drug-likeness (QED) is 0.491. The minimum atomic E-state index is -0.110. The van der Waals surface area contributed by atoms with Crippen LogP contribution in [0.15, 0.2) is 72.1 Å². The predicted octanol–water partition coefficient (Wildman–Crippen LogP) is 5.12. The molecule has 1 N–H and O–H groups in total. The van der Waals surface area contributed by atoms with Gasteiger partial charge in [-0.05, 0) is 40.4 Å². The minimum Gasteiger partial charge on any atom is -0.347 e. The van der Waals surface area contributed by atoms with Gasteiger partial charge in [-0.3, -0.25) is 9.59 Å². The van der Waals surface area contributed by atoms with E-state index < -0.39 is 0 Å². The van der Waals surface area contributed by atoms with Crippen LogP contribution in [-0.2, 0) is 6.54 Å². The Morgan fingerprint density at radius 2 is 1.69 bits per heavy atom. The Labute approximate surface area is 158 Å². The maximum absolute atomic E-state index is 12.6. The smallest absolute Gasteiger partial charge is 0.252 e. The van der Waals surface area contributed by atoms with Crippen LogP contribution in [0.4, 0.5) is 0 Å². The Balaban J connectivity index is 1.47. The van der Waals surface area contributed by atoms with Gasteiger partial charge in [0.15, 0.2) is 0 Å². The Bertz CT molecular complexity index is 1080. The third-order valence-corrected chi connectivity index (χ3v) is 6.04. The first-order valence-electron chi connectivity index (χ1n) is 8.15. The zero-order valence-electron chi connectivity index (χ0n) is 13.8. The zero-order valence-corrected chi connectivity index (χ0v) is 15.4. The topological polar surface area (TPSA) is 46.2 Å². The largest absolute Gasteiger partial charge is 0.347 e. The maximum atomic E-state index is 12.6. The molecule has 4 rings (SSSR count). The molecule has 0 fully saturated rings. The molecule has 2 aromatic heterocycles. The van der Waals surface area contributed by atoms with Crippen LogP contribution in [0.25, 0.3) is 10.8 Å². The lowest BCUT2D eigenvalue weighted by Crippen LogP contribution is -2.22. The van der Waals surface area contributed by atoms with Crippen LogP contribution < -0.4 is 5.32 Å². The van der Waals surface area contributed by atoms with E-state index in [0.717, 1.165) is 20.5 Å². The molecule has 0 unspecified atom stereocenters. The van der Waals surface area contributed by atoms with Crippen molar-refractivity contribution in [2.24, 2.45) is 0 Å². The molecule has 2 aromatic carbocycles. The first-order chi connectivity index (χ1) is 12.7. The van der Waals surface area contributed by atoms with Crippen molar-refractivity contribution >= 4 is 45.1 Å². The first kappa shape index (κ1) is 16.7. The van der Waals surface area contributed by atoms with Crippen molar-refractivity contribution in [3.05, 3.63) is 92.3 Å². The lowest BCUT2D eigenvalue weighted by Gasteiger charge is -2.07. The summed E-state index contributed by atoms with van der Waals surface area (Å²) in [6.07, 6.45) is 0. The van der Waals surface area contributed by atoms with E-state index in [-0.39, 0.29) is 11.7 Å². The summed E-state index contributed by atoms with van der Waals surface area (Å²) in [5, 5.41) is 6.83. The lowest BCUT2D eigenvalue weighted by atomic mass is 10.0. The number of thiophene rings is 2. The summed E-state index contributed by atoms with van der Waals surface area (Å²) in [4.78, 5) is 27.3. The molecule has 128 valence electrons. The molecule has 0 saturated carbocycles. The number of carbonyl (C=O) groups excluding carboxylic acids is 2. The van der Waals surface area contributed by atoms with Gasteiger partial charge in [0.05, 0.1) is 16.3 Å². The van der Waals surface area contributed by atoms with Crippen molar-refractivity contribution in [1.82, 2.24) is 5.32 Å². The third kappa shape index (κ3) is 3.31. The molecular formula is C21H15NO2S2. The molecule has 0 bridgehead atoms. The van der Waals surface area contributed by atoms with Gasteiger partial charge in [0, 0.05) is 10.4 Å². The van der Waals surface area contributed by atoms with Crippen molar-refractivity contribution in [2.45, 2.75) is 6.54 Å². The zero-order chi connectivity index (χ0) is 17.9. The van der Waals surface area contributed by atoms with Crippen molar-refractivity contribution in [3.63, 3.8) is 0 Å². The van der Waals surface area contributed by atoms with Gasteiger partial charge >= 0.3 is 0 Å². The van der Waals surface area contributed by atoms with Gasteiger partial charge in [0.1, 0.15) is 0 Å². The van der Waals surface area contributed by atoms with E-state index >= 15 is 0 Å². The Kier molecular flexibility index (Phi) is 4.65. The standard InChI is InChI=1S/C21H15NO2S2/c23-20(18-9-4-12-25-18)19-11-10-15(26-19)13-22-21(24)17-8-3-6-14-5-1-2-7-16(14)17/h1-12H,13H2,(H,22,24). The molecule has 4 aromatic rings. The summed E-state index contributed by atoms with van der Waals surface area (Å²) in [6, 6.07) is 21.0. The molecule has 0 aliphatic rings. The molecule has 0 aliphatic carbocycles. The van der Waals surface area contributed by atoms with Gasteiger partial charge in [-0.2, -0.15) is 0 Å². The molecule has 0 radical (unpaired) electrons. The number of rotatable bonds is 5. The second kappa shape index (κ2) is 7.23. The van der Waals surface area contributed by atoms with Crippen LogP contribution in [0.1, 0.15) is 29.8 Å². The van der Waals surface area contributed by atoms with Crippen LogP contribution in [-0.4, -0.2) is 11.7 Å². The number of ketones is 1. The molecule has 26 heavy (non-hydrogen) atoms. The molecule has 3 nitrogen and oxygen atoms in total. The highest BCUT2D eigenvalue weighted by Gasteiger charge is 2.14. The SMILES string of the molecule is O=C(c1cccs1)c1ccc(CNC(=O)c2cccc3ccccc23)s1. The summed E-state index contributed by atoms with van der Waals surface area (Å²) < 4.78 is 0. The van der Waals surface area contributed by atoms with E-state index in [1.54, 1.807) is 0 Å². The van der Waals surface area contributed by atoms with Gasteiger partial charge in [0.2, 0.25) is 5.78 Å². The Hall–Kier alpha value is -2.76. The average Bonchev–Trinajstić information content (AvgIpc) is 3.37. The number of benzene rings is 2. The average molecular weight is 377 g/mol. The number of hydrogen-bond acceptors (Lipinski definition) is 4. The van der Waals surface area contributed by atoms with Crippen LogP contribution >= 0.6 is 22.7 Å². The summed E-state index contributed by atoms with van der Waals surface area (Å²) in [5.41, 5.74) is 0.662. The normalized spacial score (nSPS) is 10.8. The second-order valence-corrected chi connectivity index (χ2v) is 7.90. The van der Waals surface area contributed by atoms with Crippen molar-refractivity contribution in [1.29, 1.82) is 0 Å². The van der Waals surface area contributed by atoms with E-state index in [4.69, 9.17) is 0 Å². The summed E-state index contributed by atoms with van der Waals surface area (Å²) in [5.74, 6) is -0.0713. The number of carbonyl (C=O) groups is 2. The molecule has 0 saturated heterocycles. The summed E-state index contributed by atoms with van der Waals surface area (Å²) in [7, 11) is 0. The van der Waals surface area contributed by atoms with Gasteiger partial charge in [0.25, 0.3) is 5.91 Å². The molecular weight excluding hydrogens is 362 g/mol. The van der Waals surface area contributed by atoms with E-state index in [1.165, 1.54) is 22.7 Å². The van der Waals surface area contributed by atoms with Crippen LogP contribution in [0, 0.1) is 0 Å². The molecule has 0 spiro atoms. The van der Waals surface area contributed by atoms with Crippen LogP contribution in [0.2, 0.25) is 0 Å². The van der Waals surface area contributed by atoms with Gasteiger partial charge in [-0.1, -0.05) is 42.5 Å². The maximum Gasteiger partial charge on any atom is 0.252 e. The lowest BCUT2D eigenvalue weighted by molar-refractivity contribution is 0.0952. The van der Waals surface area contributed by atoms with Crippen LogP contribution in [0.3, 0.4) is 0 Å².